The van der Waals surface area contributed by atoms with Gasteiger partial charge in [0.05, 0.1) is 12.0 Å². The number of hydrogen-bond acceptors (Lipinski definition) is 4. The quantitative estimate of drug-likeness (QED) is 0.775. The molecule has 108 valence electrons. The van der Waals surface area contributed by atoms with E-state index in [1.807, 2.05) is 6.07 Å². The van der Waals surface area contributed by atoms with Crippen LogP contribution in [0.5, 0.6) is 0 Å². The van der Waals surface area contributed by atoms with Crippen LogP contribution in [-0.2, 0) is 0 Å². The molecule has 3 nitrogen and oxygen atoms in total. The first kappa shape index (κ1) is 15.3. The molecule has 1 aliphatic carbocycles. The largest absolute Gasteiger partial charge is 0.231 e. The summed E-state index contributed by atoms with van der Waals surface area (Å²) in [6.07, 6.45) is 8.01. The standard InChI is InChI=1S/C16H23N3S/c1-4-16(2,3)13-7-6-12(11-17)14(10-13)20-15-18-8-5-9-19-15/h5,8-9,12-14H,4,6-7,10H2,1-3H3. The van der Waals surface area contributed by atoms with Gasteiger partial charge in [-0.05, 0) is 36.7 Å². The van der Waals surface area contributed by atoms with Gasteiger partial charge in [-0.3, -0.25) is 0 Å². The van der Waals surface area contributed by atoms with Gasteiger partial charge in [0.2, 0.25) is 0 Å². The topological polar surface area (TPSA) is 49.6 Å². The third kappa shape index (κ3) is 3.52. The summed E-state index contributed by atoms with van der Waals surface area (Å²) < 4.78 is 0. The minimum atomic E-state index is 0.132. The third-order valence-corrected chi connectivity index (χ3v) is 6.02. The normalized spacial score (nSPS) is 27.0. The summed E-state index contributed by atoms with van der Waals surface area (Å²) >= 11 is 1.68. The van der Waals surface area contributed by atoms with E-state index in [0.717, 1.165) is 18.0 Å². The zero-order valence-corrected chi connectivity index (χ0v) is 13.4. The Morgan fingerprint density at radius 1 is 1.35 bits per heavy atom. The molecule has 0 aliphatic heterocycles. The van der Waals surface area contributed by atoms with Crippen LogP contribution in [0.2, 0.25) is 0 Å². The van der Waals surface area contributed by atoms with Crippen molar-refractivity contribution in [2.75, 3.05) is 0 Å². The van der Waals surface area contributed by atoms with Gasteiger partial charge in [0.25, 0.3) is 0 Å². The number of hydrogen-bond donors (Lipinski definition) is 0. The average molecular weight is 289 g/mol. The molecular formula is C16H23N3S. The number of nitrogens with zero attached hydrogens (tertiary/aromatic N) is 3. The highest BCUT2D eigenvalue weighted by Gasteiger charge is 2.38. The zero-order chi connectivity index (χ0) is 14.6. The van der Waals surface area contributed by atoms with Gasteiger partial charge >= 0.3 is 0 Å². The van der Waals surface area contributed by atoms with Crippen molar-refractivity contribution in [3.63, 3.8) is 0 Å². The highest BCUT2D eigenvalue weighted by atomic mass is 32.2. The van der Waals surface area contributed by atoms with E-state index in [1.54, 1.807) is 24.2 Å². The third-order valence-electron chi connectivity index (χ3n) is 4.77. The summed E-state index contributed by atoms with van der Waals surface area (Å²) in [4.78, 5) is 8.58. The monoisotopic (exact) mass is 289 g/mol. The van der Waals surface area contributed by atoms with Crippen molar-refractivity contribution in [1.29, 1.82) is 5.26 Å². The molecule has 1 aromatic heterocycles. The number of thioether (sulfide) groups is 1. The molecule has 1 aromatic rings. The molecule has 1 heterocycles. The summed E-state index contributed by atoms with van der Waals surface area (Å²) in [6, 6.07) is 4.32. The minimum absolute atomic E-state index is 0.132. The van der Waals surface area contributed by atoms with Crippen molar-refractivity contribution < 1.29 is 0 Å². The summed E-state index contributed by atoms with van der Waals surface area (Å²) in [7, 11) is 0. The Balaban J connectivity index is 2.09. The molecule has 0 aromatic carbocycles. The van der Waals surface area contributed by atoms with Crippen LogP contribution in [0.15, 0.2) is 23.6 Å². The lowest BCUT2D eigenvalue weighted by Crippen LogP contribution is -2.34. The molecule has 3 atom stereocenters. The highest BCUT2D eigenvalue weighted by molar-refractivity contribution is 7.99. The van der Waals surface area contributed by atoms with E-state index in [9.17, 15) is 5.26 Å². The Morgan fingerprint density at radius 3 is 2.65 bits per heavy atom. The molecule has 0 bridgehead atoms. The van der Waals surface area contributed by atoms with Crippen LogP contribution in [0.3, 0.4) is 0 Å². The second-order valence-corrected chi connectivity index (χ2v) is 7.48. The Morgan fingerprint density at radius 2 is 2.05 bits per heavy atom. The lowest BCUT2D eigenvalue weighted by Gasteiger charge is -2.40. The summed E-state index contributed by atoms with van der Waals surface area (Å²) in [5.74, 6) is 0.825. The molecule has 0 spiro atoms. The molecule has 0 radical (unpaired) electrons. The van der Waals surface area contributed by atoms with Crippen molar-refractivity contribution in [3.8, 4) is 6.07 Å². The number of rotatable bonds is 4. The van der Waals surface area contributed by atoms with E-state index in [2.05, 4.69) is 36.8 Å². The Bertz CT molecular complexity index is 466. The van der Waals surface area contributed by atoms with E-state index in [-0.39, 0.29) is 5.92 Å². The lowest BCUT2D eigenvalue weighted by molar-refractivity contribution is 0.144. The fourth-order valence-corrected chi connectivity index (χ4v) is 4.09. The predicted molar refractivity (Wildman–Crippen MR) is 82.2 cm³/mol. The molecule has 0 amide bonds. The molecule has 2 rings (SSSR count). The fraction of sp³-hybridized carbons (Fsp3) is 0.688. The molecule has 20 heavy (non-hydrogen) atoms. The summed E-state index contributed by atoms with van der Waals surface area (Å²) in [6.45, 7) is 6.97. The number of aromatic nitrogens is 2. The van der Waals surface area contributed by atoms with Gasteiger partial charge in [-0.1, -0.05) is 39.0 Å². The molecule has 0 N–H and O–H groups in total. The van der Waals surface area contributed by atoms with Gasteiger partial charge in [0.15, 0.2) is 5.16 Å². The van der Waals surface area contributed by atoms with Gasteiger partial charge < -0.3 is 0 Å². The van der Waals surface area contributed by atoms with Gasteiger partial charge in [-0.15, -0.1) is 0 Å². The second kappa shape index (κ2) is 6.58. The minimum Gasteiger partial charge on any atom is -0.231 e. The maximum atomic E-state index is 9.38. The van der Waals surface area contributed by atoms with Gasteiger partial charge in [0.1, 0.15) is 0 Å². The van der Waals surface area contributed by atoms with Gasteiger partial charge in [-0.2, -0.15) is 5.26 Å². The molecule has 1 fully saturated rings. The van der Waals surface area contributed by atoms with Gasteiger partial charge in [0, 0.05) is 17.6 Å². The average Bonchev–Trinajstić information content (AvgIpc) is 2.48. The Labute approximate surface area is 126 Å². The SMILES string of the molecule is CCC(C)(C)C1CCC(C#N)C(Sc2ncccn2)C1. The molecular weight excluding hydrogens is 266 g/mol. The van der Waals surface area contributed by atoms with Crippen LogP contribution in [0.1, 0.15) is 46.5 Å². The van der Waals surface area contributed by atoms with E-state index >= 15 is 0 Å². The van der Waals surface area contributed by atoms with E-state index in [4.69, 9.17) is 0 Å². The van der Waals surface area contributed by atoms with Crippen LogP contribution in [0.25, 0.3) is 0 Å². The second-order valence-electron chi connectivity index (χ2n) is 6.28. The van der Waals surface area contributed by atoms with E-state index in [0.29, 0.717) is 16.6 Å². The first-order valence-corrected chi connectivity index (χ1v) is 8.28. The summed E-state index contributed by atoms with van der Waals surface area (Å²) in [5.41, 5.74) is 0.358. The molecule has 4 heteroatoms. The first-order chi connectivity index (χ1) is 9.56. The molecule has 1 aliphatic rings. The fourth-order valence-electron chi connectivity index (χ4n) is 2.89. The van der Waals surface area contributed by atoms with E-state index < -0.39 is 0 Å². The van der Waals surface area contributed by atoms with Gasteiger partial charge in [-0.25, -0.2) is 9.97 Å². The molecule has 3 unspecified atom stereocenters. The van der Waals surface area contributed by atoms with Crippen molar-refractivity contribution in [2.24, 2.45) is 17.3 Å². The van der Waals surface area contributed by atoms with Crippen LogP contribution in [0.4, 0.5) is 0 Å². The molecule has 0 saturated heterocycles. The smallest absolute Gasteiger partial charge is 0.187 e. The Hall–Kier alpha value is -1.08. The Kier molecular flexibility index (Phi) is 5.04. The van der Waals surface area contributed by atoms with Crippen molar-refractivity contribution in [1.82, 2.24) is 9.97 Å². The predicted octanol–water partition coefficient (Wildman–Crippen LogP) is 4.31. The maximum absolute atomic E-state index is 9.38. The molecule has 1 saturated carbocycles. The van der Waals surface area contributed by atoms with E-state index in [1.165, 1.54) is 12.8 Å². The first-order valence-electron chi connectivity index (χ1n) is 7.40. The van der Waals surface area contributed by atoms with Crippen LogP contribution >= 0.6 is 11.8 Å². The zero-order valence-electron chi connectivity index (χ0n) is 12.5. The maximum Gasteiger partial charge on any atom is 0.187 e. The van der Waals surface area contributed by atoms with Crippen molar-refractivity contribution in [3.05, 3.63) is 18.5 Å². The number of nitriles is 1. The highest BCUT2D eigenvalue weighted by Crippen LogP contribution is 2.46. The lowest BCUT2D eigenvalue weighted by atomic mass is 9.67. The van der Waals surface area contributed by atoms with Crippen LogP contribution < -0.4 is 0 Å². The summed E-state index contributed by atoms with van der Waals surface area (Å²) in [5, 5.41) is 10.5. The van der Waals surface area contributed by atoms with Crippen molar-refractivity contribution >= 4 is 11.8 Å². The van der Waals surface area contributed by atoms with Crippen LogP contribution in [-0.4, -0.2) is 15.2 Å². The van der Waals surface area contributed by atoms with Crippen molar-refractivity contribution in [2.45, 2.75) is 56.9 Å². The van der Waals surface area contributed by atoms with Crippen LogP contribution in [0, 0.1) is 28.6 Å².